The highest BCUT2D eigenvalue weighted by Crippen LogP contribution is 2.32. The lowest BCUT2D eigenvalue weighted by molar-refractivity contribution is -0.274. The van der Waals surface area contributed by atoms with E-state index in [1.54, 1.807) is 12.3 Å². The van der Waals surface area contributed by atoms with Gasteiger partial charge in [0, 0.05) is 16.8 Å². The van der Waals surface area contributed by atoms with E-state index in [4.69, 9.17) is 9.47 Å². The van der Waals surface area contributed by atoms with Gasteiger partial charge in [0.25, 0.3) is 0 Å². The summed E-state index contributed by atoms with van der Waals surface area (Å²) in [6, 6.07) is 12.9. The molecule has 190 valence electrons. The van der Waals surface area contributed by atoms with Gasteiger partial charge in [0.1, 0.15) is 24.5 Å². The summed E-state index contributed by atoms with van der Waals surface area (Å²) < 4.78 is 53.0. The van der Waals surface area contributed by atoms with E-state index in [-0.39, 0.29) is 17.6 Å². The van der Waals surface area contributed by atoms with Crippen molar-refractivity contribution in [2.24, 2.45) is 0 Å². The predicted molar refractivity (Wildman–Crippen MR) is 132 cm³/mol. The highest BCUT2D eigenvalue weighted by Gasteiger charge is 2.31. The summed E-state index contributed by atoms with van der Waals surface area (Å²) in [4.78, 5) is 4.54. The minimum Gasteiger partial charge on any atom is -0.466 e. The van der Waals surface area contributed by atoms with Crippen molar-refractivity contribution < 1.29 is 27.4 Å². The number of ether oxygens (including phenoxy) is 3. The number of anilines is 1. The number of rotatable bonds is 8. The number of nitrogens with one attached hydrogen (secondary N) is 2. The standard InChI is InChI=1S/C27H23F3N4O3/c28-27(29,30)37-20-10-6-9-19(16-20)25-32-26(34-33-25)21-11-4-5-12-22(21)31-23(24-17-35-13-14-36-24)15-18-7-2-1-3-8-18/h1-2,4-7,9-14,16-17,23,31H,3,8,15H2,(H,32,33,34). The van der Waals surface area contributed by atoms with E-state index in [9.17, 15) is 13.2 Å². The Morgan fingerprint density at radius 1 is 1.11 bits per heavy atom. The van der Waals surface area contributed by atoms with Crippen molar-refractivity contribution in [2.45, 2.75) is 31.7 Å². The van der Waals surface area contributed by atoms with Crippen molar-refractivity contribution in [1.29, 1.82) is 0 Å². The molecule has 2 N–H and O–H groups in total. The lowest BCUT2D eigenvalue weighted by Gasteiger charge is -2.25. The van der Waals surface area contributed by atoms with Gasteiger partial charge in [-0.15, -0.1) is 13.2 Å². The molecule has 0 radical (unpaired) electrons. The number of H-pyrrole nitrogens is 1. The zero-order valence-corrected chi connectivity index (χ0v) is 19.5. The zero-order valence-electron chi connectivity index (χ0n) is 19.5. The van der Waals surface area contributed by atoms with E-state index in [1.165, 1.54) is 36.3 Å². The van der Waals surface area contributed by atoms with Gasteiger partial charge in [-0.05, 0) is 43.5 Å². The highest BCUT2D eigenvalue weighted by atomic mass is 19.4. The third-order valence-corrected chi connectivity index (χ3v) is 5.76. The first kappa shape index (κ1) is 24.2. The Labute approximate surface area is 211 Å². The van der Waals surface area contributed by atoms with Gasteiger partial charge in [-0.2, -0.15) is 5.10 Å². The monoisotopic (exact) mass is 508 g/mol. The molecule has 37 heavy (non-hydrogen) atoms. The lowest BCUT2D eigenvalue weighted by Crippen LogP contribution is -2.25. The number of aromatic amines is 1. The highest BCUT2D eigenvalue weighted by molar-refractivity contribution is 5.75. The van der Waals surface area contributed by atoms with Gasteiger partial charge >= 0.3 is 6.36 Å². The number of benzene rings is 2. The van der Waals surface area contributed by atoms with E-state index in [0.29, 0.717) is 23.6 Å². The van der Waals surface area contributed by atoms with Crippen LogP contribution in [-0.4, -0.2) is 27.6 Å². The van der Waals surface area contributed by atoms with Gasteiger partial charge in [0.05, 0.1) is 6.04 Å². The predicted octanol–water partition coefficient (Wildman–Crippen LogP) is 6.84. The summed E-state index contributed by atoms with van der Waals surface area (Å²) in [5.74, 6) is 0.983. The second-order valence-electron chi connectivity index (χ2n) is 8.37. The number of hydrogen-bond acceptors (Lipinski definition) is 6. The first-order chi connectivity index (χ1) is 17.9. The molecule has 1 unspecified atom stereocenters. The molecule has 2 aliphatic rings. The van der Waals surface area contributed by atoms with Crippen LogP contribution in [0.25, 0.3) is 22.8 Å². The van der Waals surface area contributed by atoms with Crippen LogP contribution in [0.15, 0.2) is 96.9 Å². The van der Waals surface area contributed by atoms with Crippen LogP contribution < -0.4 is 10.1 Å². The lowest BCUT2D eigenvalue weighted by atomic mass is 9.96. The van der Waals surface area contributed by atoms with Crippen molar-refractivity contribution in [1.82, 2.24) is 15.2 Å². The first-order valence-electron chi connectivity index (χ1n) is 11.6. The molecule has 0 amide bonds. The number of hydrogen-bond donors (Lipinski definition) is 2. The third-order valence-electron chi connectivity index (χ3n) is 5.76. The van der Waals surface area contributed by atoms with Gasteiger partial charge < -0.3 is 19.5 Å². The number of halogens is 3. The molecule has 0 saturated heterocycles. The van der Waals surface area contributed by atoms with E-state index in [0.717, 1.165) is 24.1 Å². The van der Waals surface area contributed by atoms with Crippen LogP contribution in [0.1, 0.15) is 19.3 Å². The quantitative estimate of drug-likeness (QED) is 0.347. The topological polar surface area (TPSA) is 81.3 Å². The van der Waals surface area contributed by atoms with Crippen LogP contribution in [0.4, 0.5) is 18.9 Å². The van der Waals surface area contributed by atoms with Crippen LogP contribution >= 0.6 is 0 Å². The fourth-order valence-corrected chi connectivity index (χ4v) is 4.09. The van der Waals surface area contributed by atoms with E-state index in [1.807, 2.05) is 24.3 Å². The Morgan fingerprint density at radius 3 is 2.78 bits per heavy atom. The van der Waals surface area contributed by atoms with Gasteiger partial charge in [-0.3, -0.25) is 5.10 Å². The van der Waals surface area contributed by atoms with Crippen molar-refractivity contribution >= 4 is 5.69 Å². The molecular weight excluding hydrogens is 485 g/mol. The van der Waals surface area contributed by atoms with Gasteiger partial charge in [0.2, 0.25) is 0 Å². The molecule has 7 nitrogen and oxygen atoms in total. The second-order valence-corrected chi connectivity index (χ2v) is 8.37. The smallest absolute Gasteiger partial charge is 0.466 e. The number of allylic oxidation sites excluding steroid dienone is 3. The minimum atomic E-state index is -4.79. The zero-order chi connectivity index (χ0) is 25.7. The number of aromatic nitrogens is 3. The summed E-state index contributed by atoms with van der Waals surface area (Å²) in [5.41, 5.74) is 3.17. The number of nitrogens with zero attached hydrogens (tertiary/aromatic N) is 2. The van der Waals surface area contributed by atoms with Gasteiger partial charge in [-0.25, -0.2) is 4.98 Å². The summed E-state index contributed by atoms with van der Waals surface area (Å²) in [5, 5.41) is 10.7. The van der Waals surface area contributed by atoms with Crippen molar-refractivity contribution in [3.8, 4) is 28.5 Å². The summed E-state index contributed by atoms with van der Waals surface area (Å²) >= 11 is 0. The SMILES string of the molecule is FC(F)(F)Oc1cccc(-c2n[nH]c(-c3ccccc3NC(CC3=CC=CCC3)C3=COC=CO3)n2)c1. The first-order valence-corrected chi connectivity index (χ1v) is 11.6. The van der Waals surface area contributed by atoms with Gasteiger partial charge in [0.15, 0.2) is 17.4 Å². The molecular formula is C27H23F3N4O3. The third kappa shape index (κ3) is 6.21. The second kappa shape index (κ2) is 10.7. The minimum absolute atomic E-state index is 0.220. The Hall–Kier alpha value is -4.47. The van der Waals surface area contributed by atoms with Gasteiger partial charge in [-0.1, -0.05) is 48.1 Å². The average molecular weight is 509 g/mol. The Kier molecular flexibility index (Phi) is 6.98. The van der Waals surface area contributed by atoms with E-state index >= 15 is 0 Å². The molecule has 1 atom stereocenters. The molecule has 1 aliphatic carbocycles. The van der Waals surface area contributed by atoms with E-state index < -0.39 is 6.36 Å². The summed E-state index contributed by atoms with van der Waals surface area (Å²) in [7, 11) is 0. The van der Waals surface area contributed by atoms with Crippen molar-refractivity contribution in [3.63, 3.8) is 0 Å². The molecule has 1 aromatic heterocycles. The normalized spacial score (nSPS) is 15.8. The molecule has 10 heteroatoms. The van der Waals surface area contributed by atoms with Crippen LogP contribution in [0.2, 0.25) is 0 Å². The molecule has 2 heterocycles. The molecule has 1 aliphatic heterocycles. The van der Waals surface area contributed by atoms with E-state index in [2.05, 4.69) is 43.5 Å². The summed E-state index contributed by atoms with van der Waals surface area (Å²) in [6.07, 6.45) is 8.70. The number of para-hydroxylation sites is 1. The average Bonchev–Trinajstić information content (AvgIpc) is 3.39. The maximum Gasteiger partial charge on any atom is 0.573 e. The Bertz CT molecular complexity index is 1370. The molecule has 2 aromatic carbocycles. The number of alkyl halides is 3. The van der Waals surface area contributed by atoms with Crippen LogP contribution in [0.3, 0.4) is 0 Å². The summed E-state index contributed by atoms with van der Waals surface area (Å²) in [6.45, 7) is 0. The molecule has 3 aromatic rings. The maximum absolute atomic E-state index is 12.6. The van der Waals surface area contributed by atoms with Crippen molar-refractivity contribution in [3.05, 3.63) is 96.9 Å². The molecule has 0 fully saturated rings. The fraction of sp³-hybridized carbons (Fsp3) is 0.185. The molecule has 5 rings (SSSR count). The van der Waals surface area contributed by atoms with Crippen molar-refractivity contribution in [2.75, 3.05) is 5.32 Å². The fourth-order valence-electron chi connectivity index (χ4n) is 4.09. The molecule has 0 spiro atoms. The molecule has 0 bridgehead atoms. The van der Waals surface area contributed by atoms with Crippen LogP contribution in [0, 0.1) is 0 Å². The molecule has 0 saturated carbocycles. The maximum atomic E-state index is 12.6. The van der Waals surface area contributed by atoms with Crippen LogP contribution in [0.5, 0.6) is 5.75 Å². The van der Waals surface area contributed by atoms with Crippen LogP contribution in [-0.2, 0) is 9.47 Å². The Balaban J connectivity index is 1.41. The largest absolute Gasteiger partial charge is 0.573 e. The Morgan fingerprint density at radius 2 is 2.00 bits per heavy atom.